The number of carbonyl (C=O) groups is 1. The van der Waals surface area contributed by atoms with Crippen molar-refractivity contribution in [1.29, 1.82) is 0 Å². The quantitative estimate of drug-likeness (QED) is 0.757. The van der Waals surface area contributed by atoms with Crippen LogP contribution in [0.2, 0.25) is 0 Å². The van der Waals surface area contributed by atoms with E-state index in [0.717, 1.165) is 38.4 Å². The summed E-state index contributed by atoms with van der Waals surface area (Å²) in [7, 11) is 0. The Bertz CT molecular complexity index is 333. The Morgan fingerprint density at radius 3 is 1.95 bits per heavy atom. The number of hydrogen-bond acceptors (Lipinski definition) is 3. The van der Waals surface area contributed by atoms with Crippen LogP contribution >= 0.6 is 0 Å². The standard InChI is InChI=1S/C13H17NO2.3C2H6/c15-13(12-4-2-1-3-5-12)6-7-14-8-10-16-11-9-14;3*1-2/h1-5H,6-11H2;3*1-2H3. The Labute approximate surface area is 137 Å². The first-order valence-corrected chi connectivity index (χ1v) is 8.74. The molecule has 1 aliphatic rings. The van der Waals surface area contributed by atoms with E-state index in [4.69, 9.17) is 4.74 Å². The smallest absolute Gasteiger partial charge is 0.164 e. The Hall–Kier alpha value is -1.19. The van der Waals surface area contributed by atoms with Gasteiger partial charge in [0.1, 0.15) is 0 Å². The lowest BCUT2D eigenvalue weighted by molar-refractivity contribution is 0.0370. The summed E-state index contributed by atoms with van der Waals surface area (Å²) in [5.74, 6) is 0.229. The molecule has 0 atom stereocenters. The largest absolute Gasteiger partial charge is 0.379 e. The highest BCUT2D eigenvalue weighted by atomic mass is 16.5. The summed E-state index contributed by atoms with van der Waals surface area (Å²) >= 11 is 0. The average molecular weight is 309 g/mol. The Morgan fingerprint density at radius 1 is 0.955 bits per heavy atom. The average Bonchev–Trinajstić information content (AvgIpc) is 2.66. The number of ether oxygens (including phenoxy) is 1. The Balaban J connectivity index is 0. The highest BCUT2D eigenvalue weighted by Crippen LogP contribution is 2.05. The van der Waals surface area contributed by atoms with Crippen molar-refractivity contribution in [3.05, 3.63) is 35.9 Å². The summed E-state index contributed by atoms with van der Waals surface area (Å²) in [6.07, 6.45) is 0.601. The molecule has 1 aliphatic heterocycles. The lowest BCUT2D eigenvalue weighted by atomic mass is 10.1. The van der Waals surface area contributed by atoms with E-state index >= 15 is 0 Å². The van der Waals surface area contributed by atoms with Gasteiger partial charge >= 0.3 is 0 Å². The second kappa shape index (κ2) is 17.9. The second-order valence-electron chi connectivity index (χ2n) is 3.99. The molecule has 0 unspecified atom stereocenters. The van der Waals surface area contributed by atoms with Crippen LogP contribution in [0.4, 0.5) is 0 Å². The van der Waals surface area contributed by atoms with Gasteiger partial charge < -0.3 is 4.74 Å². The normalized spacial score (nSPS) is 13.4. The fourth-order valence-corrected chi connectivity index (χ4v) is 1.85. The molecule has 0 bridgehead atoms. The zero-order valence-corrected chi connectivity index (χ0v) is 15.4. The van der Waals surface area contributed by atoms with Crippen LogP contribution < -0.4 is 0 Å². The van der Waals surface area contributed by atoms with E-state index in [-0.39, 0.29) is 5.78 Å². The van der Waals surface area contributed by atoms with Gasteiger partial charge in [0.15, 0.2) is 5.78 Å². The maximum Gasteiger partial charge on any atom is 0.164 e. The number of morpholine rings is 1. The lowest BCUT2D eigenvalue weighted by Crippen LogP contribution is -2.37. The molecule has 0 spiro atoms. The fourth-order valence-electron chi connectivity index (χ4n) is 1.85. The zero-order chi connectivity index (χ0) is 17.2. The lowest BCUT2D eigenvalue weighted by Gasteiger charge is -2.26. The van der Waals surface area contributed by atoms with Crippen LogP contribution in [-0.4, -0.2) is 43.5 Å². The van der Waals surface area contributed by atoms with Gasteiger partial charge in [0, 0.05) is 31.6 Å². The predicted octanol–water partition coefficient (Wildman–Crippen LogP) is 4.67. The summed E-state index contributed by atoms with van der Waals surface area (Å²) in [6.45, 7) is 16.3. The molecule has 0 amide bonds. The highest BCUT2D eigenvalue weighted by molar-refractivity contribution is 5.96. The molecule has 0 radical (unpaired) electrons. The molecule has 3 heteroatoms. The van der Waals surface area contributed by atoms with Crippen molar-refractivity contribution in [3.63, 3.8) is 0 Å². The van der Waals surface area contributed by atoms with E-state index < -0.39 is 0 Å². The van der Waals surface area contributed by atoms with E-state index in [1.807, 2.05) is 71.9 Å². The van der Waals surface area contributed by atoms with Crippen LogP contribution in [0, 0.1) is 0 Å². The molecule has 2 rings (SSSR count). The Morgan fingerprint density at radius 2 is 1.45 bits per heavy atom. The van der Waals surface area contributed by atoms with Crippen LogP contribution in [0.1, 0.15) is 58.3 Å². The summed E-state index contributed by atoms with van der Waals surface area (Å²) in [5, 5.41) is 0. The molecular formula is C19H35NO2. The van der Waals surface area contributed by atoms with Crippen molar-refractivity contribution in [2.45, 2.75) is 48.0 Å². The number of rotatable bonds is 4. The zero-order valence-electron chi connectivity index (χ0n) is 15.4. The van der Waals surface area contributed by atoms with Gasteiger partial charge in [-0.1, -0.05) is 71.9 Å². The minimum absolute atomic E-state index is 0.229. The van der Waals surface area contributed by atoms with Gasteiger partial charge in [0.25, 0.3) is 0 Å². The van der Waals surface area contributed by atoms with E-state index in [9.17, 15) is 4.79 Å². The molecule has 0 aromatic heterocycles. The van der Waals surface area contributed by atoms with Gasteiger partial charge in [-0.25, -0.2) is 0 Å². The topological polar surface area (TPSA) is 29.5 Å². The summed E-state index contributed by atoms with van der Waals surface area (Å²) in [5.41, 5.74) is 0.816. The third kappa shape index (κ3) is 10.5. The van der Waals surface area contributed by atoms with Crippen LogP contribution in [0.15, 0.2) is 30.3 Å². The molecule has 1 heterocycles. The first kappa shape index (κ1) is 23.1. The van der Waals surface area contributed by atoms with Gasteiger partial charge in [-0.15, -0.1) is 0 Å². The monoisotopic (exact) mass is 309 g/mol. The van der Waals surface area contributed by atoms with Gasteiger partial charge in [-0.05, 0) is 0 Å². The first-order valence-electron chi connectivity index (χ1n) is 8.74. The summed E-state index contributed by atoms with van der Waals surface area (Å²) in [4.78, 5) is 14.1. The number of carbonyl (C=O) groups excluding carboxylic acids is 1. The first-order chi connectivity index (χ1) is 10.9. The molecule has 1 saturated heterocycles. The van der Waals surface area contributed by atoms with Crippen LogP contribution in [0.3, 0.4) is 0 Å². The van der Waals surface area contributed by atoms with Gasteiger partial charge in [0.05, 0.1) is 13.2 Å². The summed E-state index contributed by atoms with van der Waals surface area (Å²) in [6, 6.07) is 9.49. The number of Topliss-reactive ketones (excluding diaryl/α,β-unsaturated/α-hetero) is 1. The van der Waals surface area contributed by atoms with E-state index in [1.54, 1.807) is 0 Å². The predicted molar refractivity (Wildman–Crippen MR) is 96.7 cm³/mol. The van der Waals surface area contributed by atoms with Crippen molar-refractivity contribution in [2.24, 2.45) is 0 Å². The SMILES string of the molecule is CC.CC.CC.O=C(CCN1CCOCC1)c1ccccc1. The maximum absolute atomic E-state index is 11.8. The third-order valence-corrected chi connectivity index (χ3v) is 2.85. The molecule has 1 fully saturated rings. The molecule has 0 saturated carbocycles. The van der Waals surface area contributed by atoms with Gasteiger partial charge in [0.2, 0.25) is 0 Å². The molecule has 22 heavy (non-hydrogen) atoms. The molecule has 0 aliphatic carbocycles. The third-order valence-electron chi connectivity index (χ3n) is 2.85. The molecule has 1 aromatic rings. The molecule has 0 N–H and O–H groups in total. The summed E-state index contributed by atoms with van der Waals surface area (Å²) < 4.78 is 5.26. The number of ketones is 1. The van der Waals surface area contributed by atoms with Gasteiger partial charge in [-0.2, -0.15) is 0 Å². The number of hydrogen-bond donors (Lipinski definition) is 0. The highest BCUT2D eigenvalue weighted by Gasteiger charge is 2.12. The Kier molecular flexibility index (Phi) is 18.7. The maximum atomic E-state index is 11.8. The fraction of sp³-hybridized carbons (Fsp3) is 0.632. The van der Waals surface area contributed by atoms with Crippen molar-refractivity contribution in [3.8, 4) is 0 Å². The second-order valence-corrected chi connectivity index (χ2v) is 3.99. The minimum Gasteiger partial charge on any atom is -0.379 e. The van der Waals surface area contributed by atoms with E-state index in [0.29, 0.717) is 6.42 Å². The van der Waals surface area contributed by atoms with Crippen molar-refractivity contribution in [1.82, 2.24) is 4.90 Å². The van der Waals surface area contributed by atoms with Crippen LogP contribution in [0.25, 0.3) is 0 Å². The van der Waals surface area contributed by atoms with Crippen molar-refractivity contribution < 1.29 is 9.53 Å². The molecule has 1 aromatic carbocycles. The van der Waals surface area contributed by atoms with Crippen molar-refractivity contribution in [2.75, 3.05) is 32.8 Å². The van der Waals surface area contributed by atoms with Crippen molar-refractivity contribution >= 4 is 5.78 Å². The molecule has 128 valence electrons. The number of nitrogens with zero attached hydrogens (tertiary/aromatic N) is 1. The molecular weight excluding hydrogens is 274 g/mol. The van der Waals surface area contributed by atoms with Crippen LogP contribution in [0.5, 0.6) is 0 Å². The minimum atomic E-state index is 0.229. The van der Waals surface area contributed by atoms with Gasteiger partial charge in [-0.3, -0.25) is 9.69 Å². The molecule has 3 nitrogen and oxygen atoms in total. The van der Waals surface area contributed by atoms with E-state index in [1.165, 1.54) is 0 Å². The number of benzene rings is 1. The van der Waals surface area contributed by atoms with Crippen LogP contribution in [-0.2, 0) is 4.74 Å². The van der Waals surface area contributed by atoms with E-state index in [2.05, 4.69) is 4.90 Å².